The van der Waals surface area contributed by atoms with Crippen molar-refractivity contribution in [1.29, 1.82) is 0 Å². The van der Waals surface area contributed by atoms with Gasteiger partial charge in [-0.1, -0.05) is 23.7 Å². The van der Waals surface area contributed by atoms with Gasteiger partial charge >= 0.3 is 0 Å². The molecule has 0 saturated carbocycles. The predicted octanol–water partition coefficient (Wildman–Crippen LogP) is 1.48. The van der Waals surface area contributed by atoms with E-state index in [0.717, 1.165) is 5.39 Å². The molecule has 1 fully saturated rings. The third kappa shape index (κ3) is 5.45. The third-order valence-corrected chi connectivity index (χ3v) is 7.38. The summed E-state index contributed by atoms with van der Waals surface area (Å²) >= 11 is 5.98. The van der Waals surface area contributed by atoms with Crippen molar-refractivity contribution >= 4 is 50.1 Å². The van der Waals surface area contributed by atoms with Crippen LogP contribution in [0.3, 0.4) is 0 Å². The normalized spacial score (nSPS) is 17.5. The summed E-state index contributed by atoms with van der Waals surface area (Å²) in [7, 11) is -3.98. The monoisotopic (exact) mass is 494 g/mol. The van der Waals surface area contributed by atoms with Crippen molar-refractivity contribution in [2.45, 2.75) is 50.2 Å². The molecule has 3 N–H and O–H groups in total. The summed E-state index contributed by atoms with van der Waals surface area (Å²) in [6.07, 6.45) is 0.219. The van der Waals surface area contributed by atoms with E-state index in [0.29, 0.717) is 10.4 Å². The first-order chi connectivity index (χ1) is 15.4. The molecule has 11 heteroatoms. The highest BCUT2D eigenvalue weighted by Gasteiger charge is 2.40. The molecule has 0 unspecified atom stereocenters. The number of rotatable bonds is 8. The van der Waals surface area contributed by atoms with E-state index in [4.69, 9.17) is 17.3 Å². The number of carbonyl (C=O) groups excluding carboxylic acids is 3. The zero-order valence-electron chi connectivity index (χ0n) is 18.6. The molecule has 33 heavy (non-hydrogen) atoms. The zero-order chi connectivity index (χ0) is 24.5. The van der Waals surface area contributed by atoms with Crippen LogP contribution in [0.15, 0.2) is 41.3 Å². The van der Waals surface area contributed by atoms with Crippen LogP contribution < -0.4 is 10.5 Å². The zero-order valence-corrected chi connectivity index (χ0v) is 20.2. The van der Waals surface area contributed by atoms with E-state index < -0.39 is 39.8 Å². The van der Waals surface area contributed by atoms with Crippen LogP contribution in [-0.2, 0) is 24.4 Å². The number of amides is 3. The third-order valence-electron chi connectivity index (χ3n) is 5.68. The number of likely N-dealkylation sites (tertiary alicyclic amines) is 1. The van der Waals surface area contributed by atoms with Gasteiger partial charge in [0.25, 0.3) is 0 Å². The van der Waals surface area contributed by atoms with Gasteiger partial charge in [-0.25, -0.2) is 8.42 Å². The number of hydrogen-bond donors (Lipinski definition) is 2. The minimum absolute atomic E-state index is 0.0279. The first-order valence-electron chi connectivity index (χ1n) is 10.5. The van der Waals surface area contributed by atoms with Gasteiger partial charge in [-0.05, 0) is 62.2 Å². The first-order valence-corrected chi connectivity index (χ1v) is 12.4. The predicted molar refractivity (Wildman–Crippen MR) is 125 cm³/mol. The van der Waals surface area contributed by atoms with Crippen molar-refractivity contribution in [3.63, 3.8) is 0 Å². The summed E-state index contributed by atoms with van der Waals surface area (Å²) in [6, 6.07) is 7.60. The highest BCUT2D eigenvalue weighted by Crippen LogP contribution is 2.24. The Bertz CT molecular complexity index is 1200. The Labute approximate surface area is 197 Å². The lowest BCUT2D eigenvalue weighted by Crippen LogP contribution is -2.53. The second kappa shape index (κ2) is 9.66. The van der Waals surface area contributed by atoms with Gasteiger partial charge in [0, 0.05) is 17.6 Å². The van der Waals surface area contributed by atoms with Crippen molar-refractivity contribution in [3.05, 3.63) is 41.4 Å². The van der Waals surface area contributed by atoms with Gasteiger partial charge < -0.3 is 15.5 Å². The average Bonchev–Trinajstić information content (AvgIpc) is 3.09. The number of nitrogens with one attached hydrogen (secondary N) is 1. The number of primary amides is 1. The van der Waals surface area contributed by atoms with E-state index in [1.807, 2.05) is 0 Å². The van der Waals surface area contributed by atoms with Gasteiger partial charge in [0.15, 0.2) is 0 Å². The van der Waals surface area contributed by atoms with Gasteiger partial charge in [-0.15, -0.1) is 0 Å². The van der Waals surface area contributed by atoms with Crippen LogP contribution in [0.2, 0.25) is 5.02 Å². The molecule has 1 aliphatic rings. The number of sulfonamides is 1. The van der Waals surface area contributed by atoms with E-state index in [9.17, 15) is 22.8 Å². The van der Waals surface area contributed by atoms with Crippen molar-refractivity contribution < 1.29 is 22.8 Å². The molecule has 2 aromatic rings. The van der Waals surface area contributed by atoms with E-state index in [-0.39, 0.29) is 30.4 Å². The van der Waals surface area contributed by atoms with E-state index in [1.54, 1.807) is 45.0 Å². The molecule has 3 rings (SSSR count). The minimum Gasteiger partial charge on any atom is -0.368 e. The average molecular weight is 495 g/mol. The molecular formula is C22H27ClN4O5S. The Morgan fingerprint density at radius 2 is 1.82 bits per heavy atom. The Kier molecular flexibility index (Phi) is 7.30. The Balaban J connectivity index is 1.74. The summed E-state index contributed by atoms with van der Waals surface area (Å²) < 4.78 is 28.3. The molecule has 0 spiro atoms. The van der Waals surface area contributed by atoms with Gasteiger partial charge in [0.1, 0.15) is 12.1 Å². The SMILES string of the molecule is CC(C)N(CC(N)=O)C(=O)[C@H](C)N1CC[C@H](NS(=O)(=O)c2ccc3cc(Cl)ccc3c2)C1=O. The van der Waals surface area contributed by atoms with Crippen LogP contribution in [0.25, 0.3) is 10.8 Å². The molecule has 1 aliphatic heterocycles. The van der Waals surface area contributed by atoms with Crippen LogP contribution in [0.5, 0.6) is 0 Å². The molecule has 1 heterocycles. The Hall–Kier alpha value is -2.69. The topological polar surface area (TPSA) is 130 Å². The summed E-state index contributed by atoms with van der Waals surface area (Å²) in [6.45, 7) is 4.99. The van der Waals surface area contributed by atoms with E-state index in [2.05, 4.69) is 4.72 Å². The number of nitrogens with two attached hydrogens (primary N) is 1. The molecule has 178 valence electrons. The number of fused-ring (bicyclic) bond motifs is 1. The lowest BCUT2D eigenvalue weighted by atomic mass is 10.1. The second-order valence-corrected chi connectivity index (χ2v) is 10.5. The number of hydrogen-bond acceptors (Lipinski definition) is 5. The Morgan fingerprint density at radius 3 is 2.45 bits per heavy atom. The van der Waals surface area contributed by atoms with Crippen molar-refractivity contribution in [2.24, 2.45) is 5.73 Å². The maximum Gasteiger partial charge on any atom is 0.245 e. The fraction of sp³-hybridized carbons (Fsp3) is 0.409. The number of halogens is 1. The quantitative estimate of drug-likeness (QED) is 0.574. The van der Waals surface area contributed by atoms with Crippen LogP contribution >= 0.6 is 11.6 Å². The molecule has 0 aliphatic carbocycles. The first kappa shape index (κ1) is 24.9. The molecule has 1 saturated heterocycles. The van der Waals surface area contributed by atoms with Gasteiger partial charge in [0.05, 0.1) is 11.4 Å². The number of benzene rings is 2. The molecule has 3 amide bonds. The standard InChI is InChI=1S/C22H27ClN4O5S/c1-13(2)27(12-20(24)28)21(29)14(3)26-9-8-19(22(26)30)25-33(31,32)18-7-5-15-10-17(23)6-4-16(15)11-18/h4-7,10-11,13-14,19,25H,8-9,12H2,1-3H3,(H2,24,28)/t14-,19-/m0/s1. The minimum atomic E-state index is -3.98. The largest absolute Gasteiger partial charge is 0.368 e. The fourth-order valence-corrected chi connectivity index (χ4v) is 5.31. The highest BCUT2D eigenvalue weighted by atomic mass is 35.5. The van der Waals surface area contributed by atoms with Crippen LogP contribution in [-0.4, -0.2) is 67.2 Å². The van der Waals surface area contributed by atoms with Crippen molar-refractivity contribution in [3.8, 4) is 0 Å². The molecule has 9 nitrogen and oxygen atoms in total. The summed E-state index contributed by atoms with van der Waals surface area (Å²) in [4.78, 5) is 39.8. The van der Waals surface area contributed by atoms with Gasteiger partial charge in [0.2, 0.25) is 27.7 Å². The van der Waals surface area contributed by atoms with E-state index in [1.165, 1.54) is 21.9 Å². The molecule has 0 bridgehead atoms. The second-order valence-electron chi connectivity index (χ2n) is 8.35. The number of carbonyl (C=O) groups is 3. The molecular weight excluding hydrogens is 468 g/mol. The van der Waals surface area contributed by atoms with Crippen LogP contribution in [0, 0.1) is 0 Å². The van der Waals surface area contributed by atoms with Gasteiger partial charge in [-0.2, -0.15) is 4.72 Å². The molecule has 0 aromatic heterocycles. The highest BCUT2D eigenvalue weighted by molar-refractivity contribution is 7.89. The summed E-state index contributed by atoms with van der Waals surface area (Å²) in [5, 5.41) is 2.04. The fourth-order valence-electron chi connectivity index (χ4n) is 3.87. The smallest absolute Gasteiger partial charge is 0.245 e. The molecule has 2 aromatic carbocycles. The maximum atomic E-state index is 12.9. The van der Waals surface area contributed by atoms with Gasteiger partial charge in [-0.3, -0.25) is 14.4 Å². The summed E-state index contributed by atoms with van der Waals surface area (Å²) in [5.41, 5.74) is 5.24. The van der Waals surface area contributed by atoms with Crippen LogP contribution in [0.4, 0.5) is 0 Å². The lowest BCUT2D eigenvalue weighted by Gasteiger charge is -2.32. The maximum absolute atomic E-state index is 12.9. The summed E-state index contributed by atoms with van der Waals surface area (Å²) in [5.74, 6) is -1.57. The van der Waals surface area contributed by atoms with Crippen LogP contribution in [0.1, 0.15) is 27.2 Å². The Morgan fingerprint density at radius 1 is 1.18 bits per heavy atom. The van der Waals surface area contributed by atoms with Crippen molar-refractivity contribution in [1.82, 2.24) is 14.5 Å². The lowest BCUT2D eigenvalue weighted by molar-refractivity contribution is -0.145. The van der Waals surface area contributed by atoms with Crippen molar-refractivity contribution in [2.75, 3.05) is 13.1 Å². The van der Waals surface area contributed by atoms with E-state index >= 15 is 0 Å². The molecule has 2 atom stereocenters. The molecule has 0 radical (unpaired) electrons. The number of nitrogens with zero attached hydrogens (tertiary/aromatic N) is 2.